The normalized spacial score (nSPS) is 12.5. The van der Waals surface area contributed by atoms with Gasteiger partial charge in [0.15, 0.2) is 0 Å². The van der Waals surface area contributed by atoms with Gasteiger partial charge < -0.3 is 5.32 Å². The van der Waals surface area contributed by atoms with Gasteiger partial charge in [0.25, 0.3) is 11.7 Å². The minimum atomic E-state index is -0.338. The van der Waals surface area contributed by atoms with Crippen LogP contribution in [0.5, 0.6) is 0 Å². The summed E-state index contributed by atoms with van der Waals surface area (Å²) in [6.07, 6.45) is 3.06. The molecule has 0 fully saturated rings. The highest BCUT2D eigenvalue weighted by atomic mass is 16.2. The zero-order chi connectivity index (χ0) is 15.7. The fourth-order valence-corrected chi connectivity index (χ4v) is 2.12. The van der Waals surface area contributed by atoms with E-state index in [1.807, 2.05) is 26.8 Å². The average molecular weight is 300 g/mol. The molecule has 3 rings (SSSR count). The molecule has 22 heavy (non-hydrogen) atoms. The monoisotopic (exact) mass is 300 g/mol. The van der Waals surface area contributed by atoms with Crippen molar-refractivity contribution >= 4 is 11.7 Å². The van der Waals surface area contributed by atoms with E-state index in [-0.39, 0.29) is 17.8 Å². The summed E-state index contributed by atoms with van der Waals surface area (Å²) in [4.78, 5) is 24.5. The second kappa shape index (κ2) is 5.51. The summed E-state index contributed by atoms with van der Waals surface area (Å²) in [6.45, 7) is 6.11. The lowest BCUT2D eigenvalue weighted by molar-refractivity contribution is 0.0937. The molecule has 0 saturated carbocycles. The van der Waals surface area contributed by atoms with E-state index in [0.717, 1.165) is 11.4 Å². The van der Waals surface area contributed by atoms with Crippen LogP contribution < -0.4 is 5.32 Å². The second-order valence-electron chi connectivity index (χ2n) is 5.12. The smallest absolute Gasteiger partial charge is 0.291 e. The lowest BCUT2D eigenvalue weighted by Gasteiger charge is -2.11. The van der Waals surface area contributed by atoms with Gasteiger partial charge in [0.1, 0.15) is 12.7 Å². The maximum absolute atomic E-state index is 12.2. The number of rotatable bonds is 4. The van der Waals surface area contributed by atoms with Crippen molar-refractivity contribution in [2.75, 3.05) is 6.54 Å². The number of carbonyl (C=O) groups is 1. The van der Waals surface area contributed by atoms with Crippen LogP contribution in [0.3, 0.4) is 0 Å². The van der Waals surface area contributed by atoms with Crippen molar-refractivity contribution in [1.82, 2.24) is 39.7 Å². The molecular formula is C13H16N8O. The highest BCUT2D eigenvalue weighted by Crippen LogP contribution is 2.06. The minimum absolute atomic E-state index is 0.00872. The van der Waals surface area contributed by atoms with Gasteiger partial charge in [-0.1, -0.05) is 0 Å². The molecule has 1 atom stereocenters. The van der Waals surface area contributed by atoms with E-state index in [0.29, 0.717) is 12.3 Å². The molecule has 0 spiro atoms. The number of hydrogen-bond acceptors (Lipinski definition) is 6. The van der Waals surface area contributed by atoms with Gasteiger partial charge in [-0.15, -0.1) is 5.10 Å². The maximum Gasteiger partial charge on any atom is 0.291 e. The van der Waals surface area contributed by atoms with Crippen LogP contribution in [-0.4, -0.2) is 46.8 Å². The van der Waals surface area contributed by atoms with Crippen molar-refractivity contribution in [1.29, 1.82) is 0 Å². The van der Waals surface area contributed by atoms with Crippen molar-refractivity contribution in [3.8, 4) is 0 Å². The average Bonchev–Trinajstić information content (AvgIpc) is 3.13. The number of aryl methyl sites for hydroxylation is 2. The van der Waals surface area contributed by atoms with Gasteiger partial charge in [0.05, 0.1) is 6.04 Å². The van der Waals surface area contributed by atoms with Gasteiger partial charge in [-0.3, -0.25) is 4.79 Å². The highest BCUT2D eigenvalue weighted by Gasteiger charge is 2.16. The largest absolute Gasteiger partial charge is 0.347 e. The van der Waals surface area contributed by atoms with E-state index in [1.165, 1.54) is 6.33 Å². The molecule has 3 aromatic rings. The molecule has 1 N–H and O–H groups in total. The van der Waals surface area contributed by atoms with Crippen LogP contribution in [0.4, 0.5) is 0 Å². The standard InChI is InChI=1S/C13H16N8O/c1-8-4-9(2)21-13(17-8)18-11(19-21)12(22)15-5-10(3)20-7-14-6-16-20/h4,6-7,10H,5H2,1-3H3,(H,15,22). The van der Waals surface area contributed by atoms with Crippen molar-refractivity contribution in [2.24, 2.45) is 0 Å². The lowest BCUT2D eigenvalue weighted by Crippen LogP contribution is -2.30. The number of hydrogen-bond donors (Lipinski definition) is 1. The highest BCUT2D eigenvalue weighted by molar-refractivity contribution is 5.90. The lowest BCUT2D eigenvalue weighted by atomic mass is 10.3. The molecule has 0 bridgehead atoms. The van der Waals surface area contributed by atoms with Crippen LogP contribution in [0.2, 0.25) is 0 Å². The number of carbonyl (C=O) groups excluding carboxylic acids is 1. The summed E-state index contributed by atoms with van der Waals surface area (Å²) in [7, 11) is 0. The predicted octanol–water partition coefficient (Wildman–Crippen LogP) is 0.324. The molecule has 114 valence electrons. The number of nitrogens with one attached hydrogen (secondary N) is 1. The van der Waals surface area contributed by atoms with Gasteiger partial charge in [-0.2, -0.15) is 10.1 Å². The molecular weight excluding hydrogens is 284 g/mol. The molecule has 3 aromatic heterocycles. The number of aromatic nitrogens is 7. The predicted molar refractivity (Wildman–Crippen MR) is 77.3 cm³/mol. The van der Waals surface area contributed by atoms with Gasteiger partial charge in [0.2, 0.25) is 5.82 Å². The Labute approximate surface area is 126 Å². The molecule has 3 heterocycles. The third kappa shape index (κ3) is 2.65. The van der Waals surface area contributed by atoms with E-state index in [4.69, 9.17) is 0 Å². The van der Waals surface area contributed by atoms with Crippen LogP contribution in [0.1, 0.15) is 35.0 Å². The number of fused-ring (bicyclic) bond motifs is 1. The number of amides is 1. The van der Waals surface area contributed by atoms with Crippen LogP contribution >= 0.6 is 0 Å². The second-order valence-corrected chi connectivity index (χ2v) is 5.12. The molecule has 0 aliphatic heterocycles. The summed E-state index contributed by atoms with van der Waals surface area (Å²) in [5, 5.41) is 11.0. The van der Waals surface area contributed by atoms with E-state index in [1.54, 1.807) is 15.5 Å². The third-order valence-corrected chi connectivity index (χ3v) is 3.27. The molecule has 0 aliphatic rings. The first-order valence-corrected chi connectivity index (χ1v) is 6.88. The van der Waals surface area contributed by atoms with Crippen molar-refractivity contribution < 1.29 is 4.79 Å². The Morgan fingerprint density at radius 3 is 2.91 bits per heavy atom. The first kappa shape index (κ1) is 14.1. The molecule has 0 aliphatic carbocycles. The zero-order valence-corrected chi connectivity index (χ0v) is 12.6. The summed E-state index contributed by atoms with van der Waals surface area (Å²) in [6, 6.07) is 1.88. The van der Waals surface area contributed by atoms with Gasteiger partial charge in [0, 0.05) is 17.9 Å². The topological polar surface area (TPSA) is 103 Å². The Hall–Kier alpha value is -2.84. The van der Waals surface area contributed by atoms with E-state index in [9.17, 15) is 4.79 Å². The first-order valence-electron chi connectivity index (χ1n) is 6.88. The van der Waals surface area contributed by atoms with Crippen LogP contribution in [0.15, 0.2) is 18.7 Å². The van der Waals surface area contributed by atoms with E-state index in [2.05, 4.69) is 30.5 Å². The van der Waals surface area contributed by atoms with E-state index >= 15 is 0 Å². The summed E-state index contributed by atoms with van der Waals surface area (Å²) in [5.74, 6) is 0.188. The van der Waals surface area contributed by atoms with Crippen LogP contribution in [0, 0.1) is 13.8 Å². The Bertz CT molecular complexity index is 807. The molecule has 9 heteroatoms. The van der Waals surface area contributed by atoms with Crippen molar-refractivity contribution in [2.45, 2.75) is 26.8 Å². The SMILES string of the molecule is Cc1cc(C)n2nc(C(=O)NCC(C)n3cncn3)nc2n1. The minimum Gasteiger partial charge on any atom is -0.347 e. The molecule has 0 aromatic carbocycles. The Morgan fingerprint density at radius 1 is 1.36 bits per heavy atom. The molecule has 9 nitrogen and oxygen atoms in total. The third-order valence-electron chi connectivity index (χ3n) is 3.27. The van der Waals surface area contributed by atoms with E-state index < -0.39 is 0 Å². The van der Waals surface area contributed by atoms with Crippen LogP contribution in [0.25, 0.3) is 5.78 Å². The zero-order valence-electron chi connectivity index (χ0n) is 12.6. The molecule has 1 amide bonds. The molecule has 0 radical (unpaired) electrons. The fourth-order valence-electron chi connectivity index (χ4n) is 2.12. The van der Waals surface area contributed by atoms with Gasteiger partial charge >= 0.3 is 0 Å². The summed E-state index contributed by atoms with van der Waals surface area (Å²) < 4.78 is 3.23. The first-order chi connectivity index (χ1) is 10.5. The van der Waals surface area contributed by atoms with Crippen molar-refractivity contribution in [3.63, 3.8) is 0 Å². The fraction of sp³-hybridized carbons (Fsp3) is 0.385. The van der Waals surface area contributed by atoms with Crippen LogP contribution in [-0.2, 0) is 0 Å². The van der Waals surface area contributed by atoms with Gasteiger partial charge in [-0.05, 0) is 26.8 Å². The molecule has 0 saturated heterocycles. The number of nitrogens with zero attached hydrogens (tertiary/aromatic N) is 7. The quantitative estimate of drug-likeness (QED) is 0.744. The van der Waals surface area contributed by atoms with Crippen molar-refractivity contribution in [3.05, 3.63) is 35.9 Å². The Morgan fingerprint density at radius 2 is 2.18 bits per heavy atom. The maximum atomic E-state index is 12.2. The van der Waals surface area contributed by atoms with Gasteiger partial charge in [-0.25, -0.2) is 19.2 Å². The summed E-state index contributed by atoms with van der Waals surface area (Å²) >= 11 is 0. The molecule has 1 unspecified atom stereocenters. The Balaban J connectivity index is 1.74. The Kier molecular flexibility index (Phi) is 3.53. The summed E-state index contributed by atoms with van der Waals surface area (Å²) in [5.41, 5.74) is 1.72.